The van der Waals surface area contributed by atoms with Crippen molar-refractivity contribution < 1.29 is 8.91 Å². The van der Waals surface area contributed by atoms with Gasteiger partial charge in [-0.2, -0.15) is 0 Å². The van der Waals surface area contributed by atoms with Crippen LogP contribution in [-0.2, 0) is 0 Å². The lowest BCUT2D eigenvalue weighted by Gasteiger charge is -1.95. The molecule has 4 heteroatoms. The molecule has 0 aliphatic carbocycles. The monoisotopic (exact) mass is 130 g/mol. The standard InChI is InChI=1S/C5H7FN2O/c6-4(3-7)5-1-2-9-8-5/h1-2,4H,3,7H2. The van der Waals surface area contributed by atoms with Crippen molar-refractivity contribution in [2.24, 2.45) is 5.73 Å². The average Bonchev–Trinajstić information content (AvgIpc) is 2.37. The Balaban J connectivity index is 2.65. The van der Waals surface area contributed by atoms with Crippen LogP contribution in [0.3, 0.4) is 0 Å². The Morgan fingerprint density at radius 3 is 3.11 bits per heavy atom. The van der Waals surface area contributed by atoms with E-state index in [2.05, 4.69) is 9.68 Å². The fourth-order valence-corrected chi connectivity index (χ4v) is 0.504. The van der Waals surface area contributed by atoms with Gasteiger partial charge < -0.3 is 10.3 Å². The maximum absolute atomic E-state index is 12.5. The molecule has 0 aliphatic rings. The maximum atomic E-state index is 12.5. The molecule has 3 nitrogen and oxygen atoms in total. The number of nitrogens with zero attached hydrogens (tertiary/aromatic N) is 1. The van der Waals surface area contributed by atoms with Crippen LogP contribution < -0.4 is 5.73 Å². The Kier molecular flexibility index (Phi) is 1.79. The Hall–Kier alpha value is -0.900. The van der Waals surface area contributed by atoms with Crippen LogP contribution in [0.5, 0.6) is 0 Å². The number of alkyl halides is 1. The van der Waals surface area contributed by atoms with Gasteiger partial charge in [-0.25, -0.2) is 4.39 Å². The number of rotatable bonds is 2. The van der Waals surface area contributed by atoms with E-state index < -0.39 is 6.17 Å². The first kappa shape index (κ1) is 6.22. The molecule has 1 atom stereocenters. The molecular weight excluding hydrogens is 123 g/mol. The normalized spacial score (nSPS) is 13.6. The Morgan fingerprint density at radius 1 is 1.89 bits per heavy atom. The second kappa shape index (κ2) is 2.59. The number of nitrogens with two attached hydrogens (primary N) is 1. The minimum Gasteiger partial charge on any atom is -0.364 e. The second-order valence-corrected chi connectivity index (χ2v) is 1.63. The van der Waals surface area contributed by atoms with E-state index in [9.17, 15) is 4.39 Å². The minimum absolute atomic E-state index is 0.0491. The van der Waals surface area contributed by atoms with E-state index in [0.29, 0.717) is 0 Å². The van der Waals surface area contributed by atoms with E-state index in [1.807, 2.05) is 0 Å². The molecule has 0 radical (unpaired) electrons. The molecule has 0 bridgehead atoms. The molecule has 50 valence electrons. The largest absolute Gasteiger partial charge is 0.364 e. The fourth-order valence-electron chi connectivity index (χ4n) is 0.504. The topological polar surface area (TPSA) is 52.0 Å². The quantitative estimate of drug-likeness (QED) is 0.639. The van der Waals surface area contributed by atoms with Gasteiger partial charge in [0.25, 0.3) is 0 Å². The van der Waals surface area contributed by atoms with Crippen LogP contribution in [-0.4, -0.2) is 11.7 Å². The average molecular weight is 130 g/mol. The van der Waals surface area contributed by atoms with Crippen molar-refractivity contribution in [3.05, 3.63) is 18.0 Å². The van der Waals surface area contributed by atoms with Gasteiger partial charge in [-0.1, -0.05) is 5.16 Å². The lowest BCUT2D eigenvalue weighted by molar-refractivity contribution is 0.320. The van der Waals surface area contributed by atoms with Crippen molar-refractivity contribution in [2.75, 3.05) is 6.54 Å². The van der Waals surface area contributed by atoms with Crippen molar-refractivity contribution in [2.45, 2.75) is 6.17 Å². The van der Waals surface area contributed by atoms with E-state index in [0.717, 1.165) is 0 Å². The number of halogens is 1. The van der Waals surface area contributed by atoms with Crippen molar-refractivity contribution >= 4 is 0 Å². The van der Waals surface area contributed by atoms with Gasteiger partial charge >= 0.3 is 0 Å². The highest BCUT2D eigenvalue weighted by Gasteiger charge is 2.08. The third-order valence-electron chi connectivity index (χ3n) is 0.986. The zero-order valence-electron chi connectivity index (χ0n) is 4.75. The van der Waals surface area contributed by atoms with Crippen LogP contribution in [0.1, 0.15) is 11.9 Å². The zero-order chi connectivity index (χ0) is 6.69. The van der Waals surface area contributed by atoms with Crippen LogP contribution in [0.4, 0.5) is 4.39 Å². The summed E-state index contributed by atoms with van der Waals surface area (Å²) in [4.78, 5) is 0. The Bertz CT molecular complexity index is 163. The summed E-state index contributed by atoms with van der Waals surface area (Å²) >= 11 is 0. The third-order valence-corrected chi connectivity index (χ3v) is 0.986. The molecule has 0 aliphatic heterocycles. The van der Waals surface area contributed by atoms with Crippen LogP contribution >= 0.6 is 0 Å². The van der Waals surface area contributed by atoms with Crippen molar-refractivity contribution in [1.29, 1.82) is 0 Å². The molecule has 1 heterocycles. The Morgan fingerprint density at radius 2 is 2.67 bits per heavy atom. The summed E-state index contributed by atoms with van der Waals surface area (Å²) in [5.74, 6) is 0. The van der Waals surface area contributed by atoms with E-state index in [4.69, 9.17) is 5.73 Å². The van der Waals surface area contributed by atoms with Gasteiger partial charge in [-0.05, 0) is 0 Å². The highest BCUT2D eigenvalue weighted by atomic mass is 19.1. The van der Waals surface area contributed by atoms with E-state index in [1.165, 1.54) is 12.3 Å². The summed E-state index contributed by atoms with van der Waals surface area (Å²) in [6, 6.07) is 1.46. The summed E-state index contributed by atoms with van der Waals surface area (Å²) in [7, 11) is 0. The van der Waals surface area contributed by atoms with Crippen molar-refractivity contribution in [1.82, 2.24) is 5.16 Å². The van der Waals surface area contributed by atoms with Crippen LogP contribution in [0.25, 0.3) is 0 Å². The molecule has 2 N–H and O–H groups in total. The second-order valence-electron chi connectivity index (χ2n) is 1.63. The minimum atomic E-state index is -1.19. The van der Waals surface area contributed by atoms with Gasteiger partial charge in [0, 0.05) is 12.6 Å². The molecule has 9 heavy (non-hydrogen) atoms. The summed E-state index contributed by atoms with van der Waals surface area (Å²) < 4.78 is 16.8. The molecule has 1 unspecified atom stereocenters. The lowest BCUT2D eigenvalue weighted by Crippen LogP contribution is -2.07. The third kappa shape index (κ3) is 1.26. The first-order valence-electron chi connectivity index (χ1n) is 2.59. The van der Waals surface area contributed by atoms with E-state index >= 15 is 0 Å². The molecule has 0 amide bonds. The molecule has 0 spiro atoms. The number of hydrogen-bond acceptors (Lipinski definition) is 3. The Labute approximate surface area is 51.6 Å². The predicted octanol–water partition coefficient (Wildman–Crippen LogP) is 0.644. The van der Waals surface area contributed by atoms with Gasteiger partial charge in [0.15, 0.2) is 6.17 Å². The van der Waals surface area contributed by atoms with Gasteiger partial charge in [-0.15, -0.1) is 0 Å². The molecule has 0 saturated heterocycles. The van der Waals surface area contributed by atoms with Crippen LogP contribution in [0.2, 0.25) is 0 Å². The van der Waals surface area contributed by atoms with Gasteiger partial charge in [0.1, 0.15) is 12.0 Å². The predicted molar refractivity (Wildman–Crippen MR) is 29.4 cm³/mol. The summed E-state index contributed by atoms with van der Waals surface area (Å²) in [6.07, 6.45) is 0.126. The highest BCUT2D eigenvalue weighted by Crippen LogP contribution is 2.11. The summed E-state index contributed by atoms with van der Waals surface area (Å²) in [5.41, 5.74) is 5.27. The van der Waals surface area contributed by atoms with Gasteiger partial charge in [-0.3, -0.25) is 0 Å². The highest BCUT2D eigenvalue weighted by molar-refractivity contribution is 4.99. The molecule has 0 saturated carbocycles. The molecule has 1 aromatic rings. The fraction of sp³-hybridized carbons (Fsp3) is 0.400. The van der Waals surface area contributed by atoms with Crippen LogP contribution in [0, 0.1) is 0 Å². The molecule has 1 aromatic heterocycles. The first-order chi connectivity index (χ1) is 4.34. The zero-order valence-corrected chi connectivity index (χ0v) is 4.75. The summed E-state index contributed by atoms with van der Waals surface area (Å²) in [5, 5.41) is 3.36. The van der Waals surface area contributed by atoms with Crippen LogP contribution in [0.15, 0.2) is 16.9 Å². The van der Waals surface area contributed by atoms with E-state index in [1.54, 1.807) is 0 Å². The van der Waals surface area contributed by atoms with Crippen molar-refractivity contribution in [3.63, 3.8) is 0 Å². The molecular formula is C5H7FN2O. The van der Waals surface area contributed by atoms with Gasteiger partial charge in [0.2, 0.25) is 0 Å². The smallest absolute Gasteiger partial charge is 0.157 e. The lowest BCUT2D eigenvalue weighted by atomic mass is 10.3. The molecule has 1 rings (SSSR count). The molecule has 0 aromatic carbocycles. The summed E-state index contributed by atoms with van der Waals surface area (Å²) in [6.45, 7) is -0.0491. The molecule has 0 fully saturated rings. The van der Waals surface area contributed by atoms with Gasteiger partial charge in [0.05, 0.1) is 0 Å². The van der Waals surface area contributed by atoms with Crippen molar-refractivity contribution in [3.8, 4) is 0 Å². The maximum Gasteiger partial charge on any atom is 0.157 e. The SMILES string of the molecule is NCC(F)c1ccon1. The first-order valence-corrected chi connectivity index (χ1v) is 2.59. The van der Waals surface area contributed by atoms with E-state index in [-0.39, 0.29) is 12.2 Å². The number of hydrogen-bond donors (Lipinski definition) is 1. The number of aromatic nitrogens is 1.